The van der Waals surface area contributed by atoms with Crippen LogP contribution in [-0.4, -0.2) is 52.6 Å². The number of aromatic carboxylic acids is 1. The molecule has 2 N–H and O–H groups in total. The number of aliphatic hydroxyl groups is 1. The van der Waals surface area contributed by atoms with Crippen LogP contribution < -0.4 is 4.90 Å². The maximum Gasteiger partial charge on any atom is 0.337 e. The van der Waals surface area contributed by atoms with Gasteiger partial charge in [-0.1, -0.05) is 0 Å². The fourth-order valence-electron chi connectivity index (χ4n) is 2.52. The van der Waals surface area contributed by atoms with Crippen molar-refractivity contribution in [3.63, 3.8) is 0 Å². The van der Waals surface area contributed by atoms with Gasteiger partial charge in [-0.05, 0) is 32.9 Å². The Morgan fingerprint density at radius 3 is 2.80 bits per heavy atom. The predicted octanol–water partition coefficient (Wildman–Crippen LogP) is 1.06. The molecule has 0 aromatic carbocycles. The van der Waals surface area contributed by atoms with Crippen LogP contribution in [0.5, 0.6) is 0 Å². The summed E-state index contributed by atoms with van der Waals surface area (Å²) in [6, 6.07) is 3.27. The zero-order valence-electron chi connectivity index (χ0n) is 12.0. The molecule has 2 heterocycles. The number of nitrogens with zero attached hydrogens (tertiary/aromatic N) is 2. The second-order valence-corrected chi connectivity index (χ2v) is 5.67. The molecular formula is C14H20N2O4. The maximum atomic E-state index is 11.0. The summed E-state index contributed by atoms with van der Waals surface area (Å²) in [5.41, 5.74) is 0.312. The van der Waals surface area contributed by atoms with Gasteiger partial charge in [-0.25, -0.2) is 9.78 Å². The first-order chi connectivity index (χ1) is 9.32. The number of aliphatic hydroxyl groups excluding tert-OH is 1. The van der Waals surface area contributed by atoms with Gasteiger partial charge in [0.1, 0.15) is 5.82 Å². The van der Waals surface area contributed by atoms with Crippen LogP contribution in [0.1, 0.15) is 29.9 Å². The zero-order valence-corrected chi connectivity index (χ0v) is 12.0. The summed E-state index contributed by atoms with van der Waals surface area (Å²) in [4.78, 5) is 17.4. The number of rotatable bonds is 3. The monoisotopic (exact) mass is 280 g/mol. The standard InChI is InChI=1S/C14H20N2O4/c1-9-11(13(18)19)4-5-12(15-9)16-6-10(7-17)20-14(2,3)8-16/h4-5,10,17H,6-8H2,1-3H3,(H,18,19). The van der Waals surface area contributed by atoms with Gasteiger partial charge in [0.05, 0.1) is 29.6 Å². The first-order valence-corrected chi connectivity index (χ1v) is 6.57. The van der Waals surface area contributed by atoms with E-state index in [0.717, 1.165) is 0 Å². The summed E-state index contributed by atoms with van der Waals surface area (Å²) in [7, 11) is 0. The number of hydrogen-bond acceptors (Lipinski definition) is 5. The lowest BCUT2D eigenvalue weighted by atomic mass is 10.1. The summed E-state index contributed by atoms with van der Waals surface area (Å²) < 4.78 is 5.75. The van der Waals surface area contributed by atoms with E-state index in [1.807, 2.05) is 18.7 Å². The van der Waals surface area contributed by atoms with Gasteiger partial charge in [0.25, 0.3) is 0 Å². The number of hydrogen-bond donors (Lipinski definition) is 2. The van der Waals surface area contributed by atoms with E-state index in [2.05, 4.69) is 4.98 Å². The van der Waals surface area contributed by atoms with Crippen molar-refractivity contribution in [1.29, 1.82) is 0 Å². The molecule has 1 unspecified atom stereocenters. The minimum Gasteiger partial charge on any atom is -0.478 e. The van der Waals surface area contributed by atoms with Gasteiger partial charge in [0.15, 0.2) is 0 Å². The molecule has 110 valence electrons. The lowest BCUT2D eigenvalue weighted by Gasteiger charge is -2.42. The highest BCUT2D eigenvalue weighted by molar-refractivity contribution is 5.89. The minimum absolute atomic E-state index is 0.0495. The average Bonchev–Trinajstić information content (AvgIpc) is 2.36. The molecule has 6 nitrogen and oxygen atoms in total. The zero-order chi connectivity index (χ0) is 14.9. The van der Waals surface area contributed by atoms with E-state index in [9.17, 15) is 9.90 Å². The van der Waals surface area contributed by atoms with Crippen LogP contribution >= 0.6 is 0 Å². The van der Waals surface area contributed by atoms with Gasteiger partial charge in [-0.15, -0.1) is 0 Å². The second kappa shape index (κ2) is 5.38. The van der Waals surface area contributed by atoms with Crippen LogP contribution in [0, 0.1) is 6.92 Å². The highest BCUT2D eigenvalue weighted by atomic mass is 16.5. The van der Waals surface area contributed by atoms with Gasteiger partial charge >= 0.3 is 5.97 Å². The molecule has 0 amide bonds. The summed E-state index contributed by atoms with van der Waals surface area (Å²) >= 11 is 0. The number of carboxylic acid groups (broad SMARTS) is 1. The molecule has 0 saturated carbocycles. The van der Waals surface area contributed by atoms with E-state index in [1.54, 1.807) is 19.1 Å². The third-order valence-corrected chi connectivity index (χ3v) is 3.31. The van der Waals surface area contributed by atoms with Crippen molar-refractivity contribution in [2.24, 2.45) is 0 Å². The molecule has 1 atom stereocenters. The average molecular weight is 280 g/mol. The third kappa shape index (κ3) is 3.08. The molecule has 2 rings (SSSR count). The van der Waals surface area contributed by atoms with Crippen molar-refractivity contribution in [2.75, 3.05) is 24.6 Å². The molecule has 0 spiro atoms. The summed E-state index contributed by atoms with van der Waals surface area (Å²) in [6.45, 7) is 6.73. The highest BCUT2D eigenvalue weighted by Gasteiger charge is 2.33. The highest BCUT2D eigenvalue weighted by Crippen LogP contribution is 2.25. The molecule has 0 bridgehead atoms. The molecule has 1 aliphatic heterocycles. The van der Waals surface area contributed by atoms with Gasteiger partial charge < -0.3 is 19.8 Å². The first kappa shape index (κ1) is 14.7. The normalized spacial score (nSPS) is 21.8. The molecular weight excluding hydrogens is 260 g/mol. The van der Waals surface area contributed by atoms with Gasteiger partial charge in [-0.2, -0.15) is 0 Å². The molecule has 1 aliphatic rings. The van der Waals surface area contributed by atoms with Crippen molar-refractivity contribution in [1.82, 2.24) is 4.98 Å². The van der Waals surface area contributed by atoms with E-state index in [-0.39, 0.29) is 23.9 Å². The third-order valence-electron chi connectivity index (χ3n) is 3.31. The van der Waals surface area contributed by atoms with Crippen LogP contribution in [0.3, 0.4) is 0 Å². The Kier molecular flexibility index (Phi) is 3.96. The maximum absolute atomic E-state index is 11.0. The van der Waals surface area contributed by atoms with Crippen LogP contribution in [-0.2, 0) is 4.74 Å². The van der Waals surface area contributed by atoms with Crippen molar-refractivity contribution in [3.8, 4) is 0 Å². The molecule has 0 aliphatic carbocycles. The van der Waals surface area contributed by atoms with Crippen molar-refractivity contribution < 1.29 is 19.7 Å². The van der Waals surface area contributed by atoms with E-state index in [4.69, 9.17) is 9.84 Å². The van der Waals surface area contributed by atoms with Crippen LogP contribution in [0.15, 0.2) is 12.1 Å². The Morgan fingerprint density at radius 1 is 1.55 bits per heavy atom. The van der Waals surface area contributed by atoms with Crippen molar-refractivity contribution in [2.45, 2.75) is 32.5 Å². The number of ether oxygens (including phenoxy) is 1. The number of pyridine rings is 1. The number of anilines is 1. The fraction of sp³-hybridized carbons (Fsp3) is 0.571. The molecule has 6 heteroatoms. The van der Waals surface area contributed by atoms with Crippen LogP contribution in [0.25, 0.3) is 0 Å². The number of morpholine rings is 1. The van der Waals surface area contributed by atoms with E-state index in [0.29, 0.717) is 24.6 Å². The lowest BCUT2D eigenvalue weighted by Crippen LogP contribution is -2.54. The summed E-state index contributed by atoms with van der Waals surface area (Å²) in [6.07, 6.45) is -0.264. The Balaban J connectivity index is 2.26. The van der Waals surface area contributed by atoms with Crippen molar-refractivity contribution >= 4 is 11.8 Å². The molecule has 1 aromatic rings. The lowest BCUT2D eigenvalue weighted by molar-refractivity contribution is -0.101. The number of aromatic nitrogens is 1. The topological polar surface area (TPSA) is 82.9 Å². The predicted molar refractivity (Wildman–Crippen MR) is 74.2 cm³/mol. The fourth-order valence-corrected chi connectivity index (χ4v) is 2.52. The van der Waals surface area contributed by atoms with Crippen molar-refractivity contribution in [3.05, 3.63) is 23.4 Å². The molecule has 1 saturated heterocycles. The van der Waals surface area contributed by atoms with E-state index in [1.165, 1.54) is 0 Å². The summed E-state index contributed by atoms with van der Waals surface area (Å²) in [5.74, 6) is -0.264. The van der Waals surface area contributed by atoms with Crippen LogP contribution in [0.4, 0.5) is 5.82 Å². The minimum atomic E-state index is -0.975. The Morgan fingerprint density at radius 2 is 2.25 bits per heavy atom. The first-order valence-electron chi connectivity index (χ1n) is 6.57. The van der Waals surface area contributed by atoms with Gasteiger partial charge in [-0.3, -0.25) is 0 Å². The van der Waals surface area contributed by atoms with Gasteiger partial charge in [0.2, 0.25) is 0 Å². The van der Waals surface area contributed by atoms with Crippen LogP contribution in [0.2, 0.25) is 0 Å². The number of carboxylic acids is 1. The number of aryl methyl sites for hydroxylation is 1. The second-order valence-electron chi connectivity index (χ2n) is 5.67. The molecule has 1 fully saturated rings. The largest absolute Gasteiger partial charge is 0.478 e. The number of carbonyl (C=O) groups is 1. The van der Waals surface area contributed by atoms with Gasteiger partial charge in [0, 0.05) is 13.1 Å². The van der Waals surface area contributed by atoms with E-state index >= 15 is 0 Å². The molecule has 20 heavy (non-hydrogen) atoms. The molecule has 1 aromatic heterocycles. The Bertz CT molecular complexity index is 516. The Labute approximate surface area is 118 Å². The quantitative estimate of drug-likeness (QED) is 0.861. The molecule has 0 radical (unpaired) electrons. The van der Waals surface area contributed by atoms with E-state index < -0.39 is 5.97 Å². The SMILES string of the molecule is Cc1nc(N2CC(CO)OC(C)(C)C2)ccc1C(=O)O. The Hall–Kier alpha value is -1.66. The smallest absolute Gasteiger partial charge is 0.337 e. The summed E-state index contributed by atoms with van der Waals surface area (Å²) in [5, 5.41) is 18.3.